The minimum atomic E-state index is 0.504. The third-order valence-electron chi connectivity index (χ3n) is 2.48. The molecule has 0 heterocycles. The number of rotatable bonds is 8. The van der Waals surface area contributed by atoms with Gasteiger partial charge in [0.1, 0.15) is 0 Å². The van der Waals surface area contributed by atoms with E-state index in [1.165, 1.54) is 24.3 Å². The Morgan fingerprint density at radius 2 is 1.86 bits per heavy atom. The first-order valence-corrected chi connectivity index (χ1v) is 6.94. The minimum Gasteiger partial charge on any atom is -0.315 e. The largest absolute Gasteiger partial charge is 0.315 e. The van der Waals surface area contributed by atoms with Crippen molar-refractivity contribution in [1.82, 2.24) is 5.32 Å². The van der Waals surface area contributed by atoms with Crippen molar-refractivity contribution in [2.24, 2.45) is 5.41 Å². The highest BCUT2D eigenvalue weighted by molar-refractivity contribution is 7.99. The maximum Gasteiger partial charge on any atom is 0.00103 e. The Bertz CT molecular complexity index is 132. The van der Waals surface area contributed by atoms with Crippen LogP contribution in [0.1, 0.15) is 47.5 Å². The van der Waals surface area contributed by atoms with E-state index in [1.54, 1.807) is 0 Å². The number of hydrogen-bond acceptors (Lipinski definition) is 2. The van der Waals surface area contributed by atoms with Gasteiger partial charge in [0.25, 0.3) is 0 Å². The summed E-state index contributed by atoms with van der Waals surface area (Å²) in [6.45, 7) is 12.6. The zero-order valence-electron chi connectivity index (χ0n) is 10.5. The van der Waals surface area contributed by atoms with Crippen LogP contribution in [0, 0.1) is 5.41 Å². The number of hydrogen-bond donors (Lipinski definition) is 1. The van der Waals surface area contributed by atoms with Crippen LogP contribution in [-0.2, 0) is 0 Å². The molecule has 0 radical (unpaired) electrons. The number of thioether (sulfide) groups is 1. The lowest BCUT2D eigenvalue weighted by Crippen LogP contribution is -2.28. The second-order valence-corrected chi connectivity index (χ2v) is 6.36. The monoisotopic (exact) mass is 217 g/mol. The van der Waals surface area contributed by atoms with Gasteiger partial charge in [0.05, 0.1) is 0 Å². The molecule has 0 saturated heterocycles. The van der Waals surface area contributed by atoms with Crippen molar-refractivity contribution in [2.75, 3.05) is 18.1 Å². The minimum absolute atomic E-state index is 0.504. The summed E-state index contributed by atoms with van der Waals surface area (Å²) < 4.78 is 0. The van der Waals surface area contributed by atoms with Crippen molar-refractivity contribution in [1.29, 1.82) is 0 Å². The van der Waals surface area contributed by atoms with Gasteiger partial charge in [-0.25, -0.2) is 0 Å². The zero-order chi connectivity index (χ0) is 11.0. The Kier molecular flexibility index (Phi) is 7.75. The molecule has 0 bridgehead atoms. The fourth-order valence-corrected chi connectivity index (χ4v) is 2.30. The first-order chi connectivity index (χ1) is 6.48. The van der Waals surface area contributed by atoms with Crippen LogP contribution in [0.3, 0.4) is 0 Å². The Hall–Kier alpha value is 0.310. The fraction of sp³-hybridized carbons (Fsp3) is 1.00. The van der Waals surface area contributed by atoms with Gasteiger partial charge in [0, 0.05) is 6.04 Å². The Morgan fingerprint density at radius 3 is 2.36 bits per heavy atom. The van der Waals surface area contributed by atoms with Crippen molar-refractivity contribution < 1.29 is 0 Å². The highest BCUT2D eigenvalue weighted by Crippen LogP contribution is 2.26. The Morgan fingerprint density at radius 1 is 1.21 bits per heavy atom. The molecule has 0 spiro atoms. The van der Waals surface area contributed by atoms with Crippen LogP contribution in [0.2, 0.25) is 0 Å². The van der Waals surface area contributed by atoms with Crippen molar-refractivity contribution in [2.45, 2.75) is 53.5 Å². The Balaban J connectivity index is 3.50. The molecule has 0 aromatic rings. The molecule has 0 rings (SSSR count). The van der Waals surface area contributed by atoms with Gasteiger partial charge in [0.2, 0.25) is 0 Å². The van der Waals surface area contributed by atoms with Gasteiger partial charge >= 0.3 is 0 Å². The van der Waals surface area contributed by atoms with Crippen molar-refractivity contribution >= 4 is 11.8 Å². The molecular formula is C12H27NS. The van der Waals surface area contributed by atoms with Gasteiger partial charge in [-0.3, -0.25) is 0 Å². The lowest BCUT2D eigenvalue weighted by Gasteiger charge is -2.25. The Labute approximate surface area is 94.4 Å². The van der Waals surface area contributed by atoms with Crippen LogP contribution in [0.15, 0.2) is 0 Å². The van der Waals surface area contributed by atoms with Crippen LogP contribution in [0.25, 0.3) is 0 Å². The van der Waals surface area contributed by atoms with Crippen molar-refractivity contribution in [3.8, 4) is 0 Å². The van der Waals surface area contributed by atoms with Crippen molar-refractivity contribution in [3.63, 3.8) is 0 Å². The molecule has 1 nitrogen and oxygen atoms in total. The van der Waals surface area contributed by atoms with Crippen LogP contribution >= 0.6 is 11.8 Å². The zero-order valence-corrected chi connectivity index (χ0v) is 11.3. The summed E-state index contributed by atoms with van der Waals surface area (Å²) in [5, 5.41) is 3.49. The molecule has 0 aliphatic heterocycles. The predicted molar refractivity (Wildman–Crippen MR) is 69.2 cm³/mol. The molecule has 0 aromatic heterocycles. The highest BCUT2D eigenvalue weighted by Gasteiger charge is 2.16. The molecular weight excluding hydrogens is 190 g/mol. The van der Waals surface area contributed by atoms with Crippen molar-refractivity contribution in [3.05, 3.63) is 0 Å². The fourth-order valence-electron chi connectivity index (χ4n) is 1.32. The van der Waals surface area contributed by atoms with Crippen LogP contribution < -0.4 is 5.32 Å². The molecule has 0 aromatic carbocycles. The predicted octanol–water partition coefficient (Wildman–Crippen LogP) is 3.54. The molecule has 0 atom stereocenters. The summed E-state index contributed by atoms with van der Waals surface area (Å²) in [4.78, 5) is 0. The first kappa shape index (κ1) is 14.3. The van der Waals surface area contributed by atoms with Gasteiger partial charge < -0.3 is 5.32 Å². The normalized spacial score (nSPS) is 12.4. The smallest absolute Gasteiger partial charge is 0.00103 e. The van der Waals surface area contributed by atoms with E-state index in [4.69, 9.17) is 0 Å². The highest BCUT2D eigenvalue weighted by atomic mass is 32.2. The van der Waals surface area contributed by atoms with E-state index < -0.39 is 0 Å². The average Bonchev–Trinajstić information content (AvgIpc) is 2.03. The third-order valence-corrected chi connectivity index (χ3v) is 3.38. The van der Waals surface area contributed by atoms with E-state index in [1.807, 2.05) is 0 Å². The van der Waals surface area contributed by atoms with E-state index in [0.29, 0.717) is 11.5 Å². The van der Waals surface area contributed by atoms with E-state index in [2.05, 4.69) is 51.7 Å². The molecule has 1 N–H and O–H groups in total. The maximum absolute atomic E-state index is 3.49. The quantitative estimate of drug-likeness (QED) is 0.624. The third kappa shape index (κ3) is 8.89. The van der Waals surface area contributed by atoms with E-state index in [9.17, 15) is 0 Å². The van der Waals surface area contributed by atoms with Gasteiger partial charge in [-0.05, 0) is 36.3 Å². The van der Waals surface area contributed by atoms with Crippen LogP contribution in [-0.4, -0.2) is 24.1 Å². The molecule has 0 fully saturated rings. The summed E-state index contributed by atoms with van der Waals surface area (Å²) in [7, 11) is 0. The SMILES string of the molecule is CCSCCC(C)(C)CCNC(C)C. The molecule has 0 unspecified atom stereocenters. The first-order valence-electron chi connectivity index (χ1n) is 5.79. The van der Waals surface area contributed by atoms with Gasteiger partial charge in [-0.2, -0.15) is 11.8 Å². The maximum atomic E-state index is 3.49. The van der Waals surface area contributed by atoms with Gasteiger partial charge in [-0.15, -0.1) is 0 Å². The van der Waals surface area contributed by atoms with E-state index in [0.717, 1.165) is 6.54 Å². The van der Waals surface area contributed by atoms with Crippen LogP contribution in [0.4, 0.5) is 0 Å². The summed E-state index contributed by atoms with van der Waals surface area (Å²) in [6.07, 6.45) is 2.63. The average molecular weight is 217 g/mol. The molecule has 0 aliphatic rings. The van der Waals surface area contributed by atoms with Gasteiger partial charge in [-0.1, -0.05) is 34.6 Å². The molecule has 0 amide bonds. The molecule has 14 heavy (non-hydrogen) atoms. The second kappa shape index (κ2) is 7.58. The lowest BCUT2D eigenvalue weighted by atomic mass is 9.86. The summed E-state index contributed by atoms with van der Waals surface area (Å²) in [5.74, 6) is 2.56. The summed E-state index contributed by atoms with van der Waals surface area (Å²) in [5.41, 5.74) is 0.504. The standard InChI is InChI=1S/C12H27NS/c1-6-14-10-8-12(4,5)7-9-13-11(2)3/h11,13H,6-10H2,1-5H3. The molecule has 86 valence electrons. The topological polar surface area (TPSA) is 12.0 Å². The summed E-state index contributed by atoms with van der Waals surface area (Å²) in [6, 6.07) is 0.621. The molecule has 0 aliphatic carbocycles. The van der Waals surface area contributed by atoms with E-state index >= 15 is 0 Å². The van der Waals surface area contributed by atoms with Crippen LogP contribution in [0.5, 0.6) is 0 Å². The lowest BCUT2D eigenvalue weighted by molar-refractivity contribution is 0.314. The summed E-state index contributed by atoms with van der Waals surface area (Å²) >= 11 is 2.05. The number of nitrogens with one attached hydrogen (secondary N) is 1. The molecule has 2 heteroatoms. The van der Waals surface area contributed by atoms with Gasteiger partial charge in [0.15, 0.2) is 0 Å². The molecule has 0 saturated carbocycles. The second-order valence-electron chi connectivity index (χ2n) is 4.97. The van der Waals surface area contributed by atoms with E-state index in [-0.39, 0.29) is 0 Å².